The van der Waals surface area contributed by atoms with Gasteiger partial charge >= 0.3 is 6.09 Å². The molecule has 2 aromatic heterocycles. The van der Waals surface area contributed by atoms with E-state index < -0.39 is 12.2 Å². The van der Waals surface area contributed by atoms with Gasteiger partial charge in [-0.25, -0.2) is 9.78 Å². The van der Waals surface area contributed by atoms with Crippen LogP contribution in [0.1, 0.15) is 22.6 Å². The molecule has 2 heterocycles. The lowest BCUT2D eigenvalue weighted by molar-refractivity contribution is 0.0854. The summed E-state index contributed by atoms with van der Waals surface area (Å²) in [5, 5.41) is 0. The normalized spacial score (nSPS) is 11.8. The van der Waals surface area contributed by atoms with E-state index in [-0.39, 0.29) is 36.0 Å². The van der Waals surface area contributed by atoms with Crippen molar-refractivity contribution in [1.29, 1.82) is 0 Å². The highest BCUT2D eigenvalue weighted by atomic mass is 127. The molecule has 0 aliphatic carbocycles. The zero-order valence-corrected chi connectivity index (χ0v) is 23.5. The van der Waals surface area contributed by atoms with Crippen LogP contribution in [0.15, 0.2) is 119 Å². The zero-order valence-electron chi connectivity index (χ0n) is 21.4. The number of halogens is 1. The van der Waals surface area contributed by atoms with Crippen LogP contribution < -0.4 is 15.9 Å². The van der Waals surface area contributed by atoms with Crippen LogP contribution in [0.2, 0.25) is 0 Å². The summed E-state index contributed by atoms with van der Waals surface area (Å²) < 4.78 is 20.1. The highest BCUT2D eigenvalue weighted by Crippen LogP contribution is 2.34. The summed E-state index contributed by atoms with van der Waals surface area (Å²) >= 11 is 2.15. The zero-order chi connectivity index (χ0) is 27.9. The van der Waals surface area contributed by atoms with Crippen molar-refractivity contribution in [3.05, 3.63) is 140 Å². The Morgan fingerprint density at radius 2 is 1.52 bits per heavy atom. The maximum Gasteiger partial charge on any atom is 0.404 e. The summed E-state index contributed by atoms with van der Waals surface area (Å²) in [6.45, 7) is 0.361. The Hall–Kier alpha value is -4.38. The fraction of sp³-hybridized carbons (Fsp3) is 0.129. The molecule has 40 heavy (non-hydrogen) atoms. The molecular formula is C31H26IN3O5. The number of nitrogens with two attached hydrogens (primary N) is 1. The van der Waals surface area contributed by atoms with Gasteiger partial charge in [-0.2, -0.15) is 0 Å². The van der Waals surface area contributed by atoms with E-state index in [0.29, 0.717) is 5.82 Å². The van der Waals surface area contributed by atoms with Crippen LogP contribution in [0.4, 0.5) is 4.79 Å². The average molecular weight is 647 g/mol. The summed E-state index contributed by atoms with van der Waals surface area (Å²) in [5.74, 6) is 0.255. The molecule has 0 saturated carbocycles. The minimum absolute atomic E-state index is 0.0460. The Morgan fingerprint density at radius 1 is 0.925 bits per heavy atom. The van der Waals surface area contributed by atoms with Crippen molar-refractivity contribution in [2.45, 2.75) is 25.2 Å². The van der Waals surface area contributed by atoms with Crippen molar-refractivity contribution < 1.29 is 18.7 Å². The molecule has 1 atom stereocenters. The van der Waals surface area contributed by atoms with Crippen LogP contribution >= 0.6 is 22.6 Å². The van der Waals surface area contributed by atoms with Crippen LogP contribution in [-0.2, 0) is 17.9 Å². The highest BCUT2D eigenvalue weighted by molar-refractivity contribution is 14.1. The first-order chi connectivity index (χ1) is 19.5. The average Bonchev–Trinajstić information content (AvgIpc) is 3.33. The Kier molecular flexibility index (Phi) is 8.60. The van der Waals surface area contributed by atoms with Gasteiger partial charge in [0.25, 0.3) is 0 Å². The molecule has 0 aliphatic heterocycles. The van der Waals surface area contributed by atoms with Gasteiger partial charge in [-0.1, -0.05) is 91.0 Å². The fourth-order valence-electron chi connectivity index (χ4n) is 4.62. The maximum atomic E-state index is 12.9. The summed E-state index contributed by atoms with van der Waals surface area (Å²) in [4.78, 5) is 29.6. The van der Waals surface area contributed by atoms with Gasteiger partial charge in [0.05, 0.1) is 19.0 Å². The second-order valence-electron chi connectivity index (χ2n) is 9.01. The number of imidazole rings is 1. The summed E-state index contributed by atoms with van der Waals surface area (Å²) in [6, 6.07) is 30.4. The van der Waals surface area contributed by atoms with Gasteiger partial charge in [0, 0.05) is 12.0 Å². The number of carbonyl (C=O) groups excluding carboxylic acids is 1. The molecule has 0 fully saturated rings. The van der Waals surface area contributed by atoms with Crippen molar-refractivity contribution >= 4 is 28.7 Å². The lowest BCUT2D eigenvalue weighted by atomic mass is 9.86. The SMILES string of the molecule is NC(=O)OC(Cn1c(I)cnc1-c1occc(=O)c1OCc1ccccc1)C(c1ccccc1)c1ccccc1. The van der Waals surface area contributed by atoms with E-state index in [1.807, 2.05) is 95.6 Å². The minimum atomic E-state index is -0.892. The number of hydrogen-bond acceptors (Lipinski definition) is 6. The number of rotatable bonds is 10. The lowest BCUT2D eigenvalue weighted by Gasteiger charge is -2.28. The maximum absolute atomic E-state index is 12.9. The van der Waals surface area contributed by atoms with Crippen molar-refractivity contribution in [2.75, 3.05) is 0 Å². The molecule has 8 nitrogen and oxygen atoms in total. The molecule has 1 unspecified atom stereocenters. The van der Waals surface area contributed by atoms with Gasteiger partial charge in [-0.15, -0.1) is 0 Å². The lowest BCUT2D eigenvalue weighted by Crippen LogP contribution is -2.33. The molecule has 0 bridgehead atoms. The van der Waals surface area contributed by atoms with Crippen LogP contribution in [0, 0.1) is 3.70 Å². The second kappa shape index (κ2) is 12.6. The first-order valence-corrected chi connectivity index (χ1v) is 13.6. The Balaban J connectivity index is 1.55. The molecule has 0 radical (unpaired) electrons. The molecule has 1 amide bonds. The van der Waals surface area contributed by atoms with E-state index >= 15 is 0 Å². The van der Waals surface area contributed by atoms with Crippen LogP contribution in [0.3, 0.4) is 0 Å². The first-order valence-electron chi connectivity index (χ1n) is 12.6. The number of nitrogens with zero attached hydrogens (tertiary/aromatic N) is 2. The number of ether oxygens (including phenoxy) is 2. The van der Waals surface area contributed by atoms with Gasteiger partial charge in [0.15, 0.2) is 5.82 Å². The molecule has 5 rings (SSSR count). The first kappa shape index (κ1) is 27.2. The summed E-state index contributed by atoms with van der Waals surface area (Å²) in [7, 11) is 0. The van der Waals surface area contributed by atoms with Gasteiger partial charge in [0.2, 0.25) is 16.9 Å². The van der Waals surface area contributed by atoms with Crippen LogP contribution in [0.5, 0.6) is 5.75 Å². The van der Waals surface area contributed by atoms with Crippen molar-refractivity contribution in [2.24, 2.45) is 5.73 Å². The summed E-state index contributed by atoms with van der Waals surface area (Å²) in [6.07, 6.45) is 1.36. The van der Waals surface area contributed by atoms with Gasteiger partial charge in [0.1, 0.15) is 16.4 Å². The number of benzene rings is 3. The quantitative estimate of drug-likeness (QED) is 0.187. The van der Waals surface area contributed by atoms with E-state index in [4.69, 9.17) is 19.6 Å². The predicted molar refractivity (Wildman–Crippen MR) is 159 cm³/mol. The number of carbonyl (C=O) groups is 1. The van der Waals surface area contributed by atoms with Gasteiger partial charge < -0.3 is 24.2 Å². The number of primary amides is 1. The topological polar surface area (TPSA) is 110 Å². The monoisotopic (exact) mass is 647 g/mol. The van der Waals surface area contributed by atoms with Crippen LogP contribution in [-0.4, -0.2) is 21.7 Å². The largest absolute Gasteiger partial charge is 0.481 e. The number of amides is 1. The molecule has 202 valence electrons. The third-order valence-corrected chi connectivity index (χ3v) is 7.25. The molecule has 0 spiro atoms. The fourth-order valence-corrected chi connectivity index (χ4v) is 5.18. The van der Waals surface area contributed by atoms with Crippen molar-refractivity contribution in [1.82, 2.24) is 9.55 Å². The highest BCUT2D eigenvalue weighted by Gasteiger charge is 2.31. The molecule has 5 aromatic rings. The Bertz CT molecular complexity index is 1580. The number of aromatic nitrogens is 2. The second-order valence-corrected chi connectivity index (χ2v) is 10.1. The standard InChI is InChI=1S/C31H26IN3O5/c32-26-18-34-30(29-28(24(36)16-17-38-29)39-20-21-10-4-1-5-11-21)35(26)19-25(40-31(33)37)27(22-12-6-2-7-13-22)23-14-8-3-9-15-23/h1-18,25,27H,19-20H2,(H2,33,37). The Labute approximate surface area is 244 Å². The molecule has 9 heteroatoms. The van der Waals surface area contributed by atoms with Gasteiger partial charge in [-0.3, -0.25) is 4.79 Å². The van der Waals surface area contributed by atoms with E-state index in [1.165, 1.54) is 12.3 Å². The van der Waals surface area contributed by atoms with Crippen molar-refractivity contribution in [3.63, 3.8) is 0 Å². The number of hydrogen-bond donors (Lipinski definition) is 1. The van der Waals surface area contributed by atoms with Gasteiger partial charge in [-0.05, 0) is 39.3 Å². The van der Waals surface area contributed by atoms with E-state index in [2.05, 4.69) is 27.6 Å². The third-order valence-electron chi connectivity index (χ3n) is 6.39. The van der Waals surface area contributed by atoms with E-state index in [0.717, 1.165) is 20.4 Å². The Morgan fingerprint density at radius 3 is 2.12 bits per heavy atom. The van der Waals surface area contributed by atoms with Crippen molar-refractivity contribution in [3.8, 4) is 17.3 Å². The minimum Gasteiger partial charge on any atom is -0.481 e. The van der Waals surface area contributed by atoms with E-state index in [1.54, 1.807) is 6.20 Å². The molecular weight excluding hydrogens is 621 g/mol. The van der Waals surface area contributed by atoms with Crippen LogP contribution in [0.25, 0.3) is 11.6 Å². The molecule has 0 aliphatic rings. The third kappa shape index (κ3) is 6.26. The summed E-state index contributed by atoms with van der Waals surface area (Å²) in [5.41, 5.74) is 8.05. The smallest absolute Gasteiger partial charge is 0.404 e. The predicted octanol–water partition coefficient (Wildman–Crippen LogP) is 5.98. The van der Waals surface area contributed by atoms with E-state index in [9.17, 15) is 9.59 Å². The molecule has 2 N–H and O–H groups in total. The molecule has 0 saturated heterocycles. The molecule has 3 aromatic carbocycles.